The van der Waals surface area contributed by atoms with Crippen molar-refractivity contribution in [2.24, 2.45) is 0 Å². The van der Waals surface area contributed by atoms with E-state index in [4.69, 9.17) is 21.7 Å². The summed E-state index contributed by atoms with van der Waals surface area (Å²) >= 11 is 6.08. The molecule has 4 rings (SSSR count). The zero-order valence-corrected chi connectivity index (χ0v) is 20.5. The van der Waals surface area contributed by atoms with E-state index in [-0.39, 0.29) is 17.8 Å². The van der Waals surface area contributed by atoms with Crippen molar-refractivity contribution in [3.8, 4) is 0 Å². The van der Waals surface area contributed by atoms with Gasteiger partial charge in [-0.3, -0.25) is 9.59 Å². The summed E-state index contributed by atoms with van der Waals surface area (Å²) in [5.41, 5.74) is 1.99. The minimum absolute atomic E-state index is 0.0428. The van der Waals surface area contributed by atoms with Crippen LogP contribution in [0.5, 0.6) is 0 Å². The normalized spacial score (nSPS) is 17.1. The SMILES string of the molecule is N=CC(=C(OC1CCCC1)C(=O)Nc1cccc(Cl)c1)N1CCN(C(=O)Cc2ccccc2)CC1. The van der Waals surface area contributed by atoms with Crippen LogP contribution in [-0.4, -0.2) is 60.1 Å². The Labute approximate surface area is 211 Å². The fourth-order valence-corrected chi connectivity index (χ4v) is 4.73. The number of benzene rings is 2. The molecule has 0 bridgehead atoms. The molecule has 0 spiro atoms. The molecular weight excluding hydrogens is 464 g/mol. The van der Waals surface area contributed by atoms with Crippen molar-refractivity contribution in [2.75, 3.05) is 31.5 Å². The monoisotopic (exact) mass is 494 g/mol. The van der Waals surface area contributed by atoms with Crippen LogP contribution in [0, 0.1) is 5.41 Å². The van der Waals surface area contributed by atoms with Gasteiger partial charge in [0.2, 0.25) is 11.7 Å². The topological polar surface area (TPSA) is 85.7 Å². The van der Waals surface area contributed by atoms with E-state index in [9.17, 15) is 9.59 Å². The van der Waals surface area contributed by atoms with Crippen molar-refractivity contribution in [3.63, 3.8) is 0 Å². The number of halogens is 1. The number of hydrogen-bond donors (Lipinski definition) is 2. The number of amides is 2. The van der Waals surface area contributed by atoms with Crippen molar-refractivity contribution >= 4 is 35.3 Å². The van der Waals surface area contributed by atoms with Crippen molar-refractivity contribution in [2.45, 2.75) is 38.2 Å². The lowest BCUT2D eigenvalue weighted by atomic mass is 10.1. The summed E-state index contributed by atoms with van der Waals surface area (Å²) in [7, 11) is 0. The van der Waals surface area contributed by atoms with Gasteiger partial charge >= 0.3 is 0 Å². The van der Waals surface area contributed by atoms with Crippen molar-refractivity contribution < 1.29 is 14.3 Å². The molecule has 2 fully saturated rings. The minimum Gasteiger partial charge on any atom is -0.483 e. The molecule has 2 aromatic rings. The smallest absolute Gasteiger partial charge is 0.293 e. The van der Waals surface area contributed by atoms with Gasteiger partial charge in [-0.15, -0.1) is 0 Å². The highest BCUT2D eigenvalue weighted by molar-refractivity contribution is 6.31. The lowest BCUT2D eigenvalue weighted by Gasteiger charge is -2.37. The molecule has 1 saturated heterocycles. The zero-order chi connectivity index (χ0) is 24.6. The van der Waals surface area contributed by atoms with E-state index in [1.165, 1.54) is 6.21 Å². The summed E-state index contributed by atoms with van der Waals surface area (Å²) in [4.78, 5) is 29.9. The summed E-state index contributed by atoms with van der Waals surface area (Å²) in [6.45, 7) is 2.09. The van der Waals surface area contributed by atoms with Gasteiger partial charge in [0.25, 0.3) is 5.91 Å². The first-order chi connectivity index (χ1) is 17.0. The molecule has 0 aromatic heterocycles. The Morgan fingerprint density at radius 2 is 1.69 bits per heavy atom. The maximum atomic E-state index is 13.3. The Morgan fingerprint density at radius 3 is 2.34 bits per heavy atom. The Kier molecular flexibility index (Phi) is 8.42. The van der Waals surface area contributed by atoms with Gasteiger partial charge in [-0.05, 0) is 49.4 Å². The van der Waals surface area contributed by atoms with Crippen LogP contribution in [0.4, 0.5) is 5.69 Å². The van der Waals surface area contributed by atoms with Gasteiger partial charge in [-0.2, -0.15) is 0 Å². The number of carbonyl (C=O) groups is 2. The molecule has 2 amide bonds. The van der Waals surface area contributed by atoms with Crippen LogP contribution in [0.3, 0.4) is 0 Å². The molecule has 1 heterocycles. The molecule has 0 radical (unpaired) electrons. The van der Waals surface area contributed by atoms with E-state index in [1.807, 2.05) is 40.1 Å². The van der Waals surface area contributed by atoms with Crippen LogP contribution in [0.25, 0.3) is 0 Å². The average Bonchev–Trinajstić information content (AvgIpc) is 3.38. The first kappa shape index (κ1) is 24.8. The fourth-order valence-electron chi connectivity index (χ4n) is 4.54. The molecule has 2 N–H and O–H groups in total. The third kappa shape index (κ3) is 6.63. The predicted octanol–water partition coefficient (Wildman–Crippen LogP) is 4.49. The Balaban J connectivity index is 1.48. The van der Waals surface area contributed by atoms with Gasteiger partial charge in [0, 0.05) is 43.1 Å². The van der Waals surface area contributed by atoms with Gasteiger partial charge in [-0.1, -0.05) is 48.0 Å². The molecule has 1 saturated carbocycles. The highest BCUT2D eigenvalue weighted by Crippen LogP contribution is 2.26. The van der Waals surface area contributed by atoms with E-state index >= 15 is 0 Å². The van der Waals surface area contributed by atoms with Gasteiger partial charge in [0.1, 0.15) is 5.70 Å². The Hall–Kier alpha value is -3.32. The largest absolute Gasteiger partial charge is 0.483 e. The second kappa shape index (κ2) is 11.9. The van der Waals surface area contributed by atoms with Crippen molar-refractivity contribution in [1.29, 1.82) is 5.41 Å². The number of rotatable bonds is 8. The standard InChI is InChI=1S/C27H31ClN4O3/c28-21-9-6-10-22(18-21)30-27(34)26(35-23-11-4-5-12-23)24(19-29)31-13-15-32(16-14-31)25(33)17-20-7-2-1-3-8-20/h1-3,6-10,18-19,23,29H,4-5,11-17H2,(H,30,34). The van der Waals surface area contributed by atoms with Crippen LogP contribution in [0.1, 0.15) is 31.2 Å². The number of carbonyl (C=O) groups excluding carboxylic acids is 2. The predicted molar refractivity (Wildman–Crippen MR) is 138 cm³/mol. The first-order valence-electron chi connectivity index (χ1n) is 12.1. The number of hydrogen-bond acceptors (Lipinski definition) is 5. The van der Waals surface area contributed by atoms with E-state index in [0.29, 0.717) is 49.0 Å². The molecule has 0 unspecified atom stereocenters. The molecule has 8 heteroatoms. The number of allylic oxidation sites excluding steroid dienone is 1. The lowest BCUT2D eigenvalue weighted by molar-refractivity contribution is -0.132. The van der Waals surface area contributed by atoms with Crippen LogP contribution < -0.4 is 5.32 Å². The van der Waals surface area contributed by atoms with Crippen molar-refractivity contribution in [1.82, 2.24) is 9.80 Å². The Bertz CT molecular complexity index is 1070. The summed E-state index contributed by atoms with van der Waals surface area (Å²) in [6.07, 6.45) is 5.42. The molecule has 2 aromatic carbocycles. The average molecular weight is 495 g/mol. The van der Waals surface area contributed by atoms with Gasteiger partial charge in [0.15, 0.2) is 0 Å². The number of nitrogens with zero attached hydrogens (tertiary/aromatic N) is 2. The third-order valence-corrected chi connectivity index (χ3v) is 6.65. The fraction of sp³-hybridized carbons (Fsp3) is 0.370. The minimum atomic E-state index is -0.403. The summed E-state index contributed by atoms with van der Waals surface area (Å²) in [5, 5.41) is 11.5. The van der Waals surface area contributed by atoms with Gasteiger partial charge < -0.3 is 25.3 Å². The van der Waals surface area contributed by atoms with Crippen LogP contribution in [0.2, 0.25) is 5.02 Å². The molecule has 1 aliphatic carbocycles. The summed E-state index contributed by atoms with van der Waals surface area (Å²) in [5.74, 6) is -0.173. The van der Waals surface area contributed by atoms with Crippen molar-refractivity contribution in [3.05, 3.63) is 76.6 Å². The molecule has 184 valence electrons. The van der Waals surface area contributed by atoms with E-state index in [0.717, 1.165) is 31.2 Å². The van der Waals surface area contributed by atoms with E-state index in [2.05, 4.69) is 5.32 Å². The quantitative estimate of drug-likeness (QED) is 0.322. The van der Waals surface area contributed by atoms with Gasteiger partial charge in [0.05, 0.1) is 12.5 Å². The number of anilines is 1. The molecule has 0 atom stereocenters. The maximum absolute atomic E-state index is 13.3. The highest BCUT2D eigenvalue weighted by atomic mass is 35.5. The van der Waals surface area contributed by atoms with Crippen LogP contribution in [-0.2, 0) is 20.7 Å². The molecule has 1 aliphatic heterocycles. The number of nitrogens with one attached hydrogen (secondary N) is 2. The van der Waals surface area contributed by atoms with Crippen LogP contribution in [0.15, 0.2) is 66.1 Å². The van der Waals surface area contributed by atoms with E-state index < -0.39 is 5.91 Å². The highest BCUT2D eigenvalue weighted by Gasteiger charge is 2.29. The summed E-state index contributed by atoms with van der Waals surface area (Å²) < 4.78 is 6.20. The molecule has 2 aliphatic rings. The number of ether oxygens (including phenoxy) is 1. The van der Waals surface area contributed by atoms with Gasteiger partial charge in [-0.25, -0.2) is 0 Å². The first-order valence-corrected chi connectivity index (χ1v) is 12.5. The molecular formula is C27H31ClN4O3. The molecule has 7 nitrogen and oxygen atoms in total. The third-order valence-electron chi connectivity index (χ3n) is 6.42. The number of piperazine rings is 1. The van der Waals surface area contributed by atoms with E-state index in [1.54, 1.807) is 24.3 Å². The zero-order valence-electron chi connectivity index (χ0n) is 19.7. The molecule has 35 heavy (non-hydrogen) atoms. The maximum Gasteiger partial charge on any atom is 0.293 e. The second-order valence-corrected chi connectivity index (χ2v) is 9.31. The lowest BCUT2D eigenvalue weighted by Crippen LogP contribution is -2.49. The van der Waals surface area contributed by atoms with Crippen LogP contribution >= 0.6 is 11.6 Å². The summed E-state index contributed by atoms with van der Waals surface area (Å²) in [6, 6.07) is 16.7. The Morgan fingerprint density at radius 1 is 1.00 bits per heavy atom. The second-order valence-electron chi connectivity index (χ2n) is 8.88.